The van der Waals surface area contributed by atoms with Crippen LogP contribution in [0.15, 0.2) is 18.3 Å². The van der Waals surface area contributed by atoms with Crippen LogP contribution < -0.4 is 15.0 Å². The van der Waals surface area contributed by atoms with Crippen molar-refractivity contribution in [2.75, 3.05) is 44.7 Å². The second-order valence-corrected chi connectivity index (χ2v) is 7.61. The minimum absolute atomic E-state index is 0.215. The highest BCUT2D eigenvalue weighted by molar-refractivity contribution is 6.01. The minimum atomic E-state index is -0.855. The van der Waals surface area contributed by atoms with Gasteiger partial charge in [0, 0.05) is 39.5 Å². The number of hydrogen-bond donors (Lipinski definition) is 1. The molecule has 3 heterocycles. The summed E-state index contributed by atoms with van der Waals surface area (Å²) in [6.45, 7) is 2.55. The molecule has 0 fully saturated rings. The normalized spacial score (nSPS) is 13.7. The highest BCUT2D eigenvalue weighted by atomic mass is 16.7. The van der Waals surface area contributed by atoms with E-state index < -0.39 is 12.3 Å². The molecule has 11 nitrogen and oxygen atoms in total. The number of carbonyl (C=O) groups excluding carboxylic acids is 2. The van der Waals surface area contributed by atoms with Gasteiger partial charge in [-0.25, -0.2) is 14.8 Å². The first-order valence-electron chi connectivity index (χ1n) is 10.6. The molecule has 0 saturated carbocycles. The number of nitrogens with zero attached hydrogens (tertiary/aromatic N) is 4. The van der Waals surface area contributed by atoms with Gasteiger partial charge in [-0.1, -0.05) is 0 Å². The Labute approximate surface area is 197 Å². The number of amides is 2. The van der Waals surface area contributed by atoms with E-state index in [2.05, 4.69) is 15.3 Å². The number of anilines is 2. The maximum Gasteiger partial charge on any atom is 0.328 e. The molecule has 3 rings (SSSR count). The molecule has 2 aromatic heterocycles. The minimum Gasteiger partial charge on any atom is -0.487 e. The van der Waals surface area contributed by atoms with E-state index in [1.165, 1.54) is 31.4 Å². The Kier molecular flexibility index (Phi) is 8.48. The molecule has 1 atom stereocenters. The number of nitrogens with one attached hydrogen (secondary N) is 1. The van der Waals surface area contributed by atoms with Crippen LogP contribution in [0.4, 0.5) is 16.4 Å². The molecular weight excluding hydrogens is 442 g/mol. The van der Waals surface area contributed by atoms with E-state index in [4.69, 9.17) is 18.9 Å². The molecule has 11 heteroatoms. The number of methoxy groups -OCH3 is 3. The van der Waals surface area contributed by atoms with Crippen molar-refractivity contribution in [1.29, 1.82) is 5.26 Å². The average molecular weight is 469 g/mol. The molecule has 0 aliphatic carbocycles. The number of hydrogen-bond acceptors (Lipinski definition) is 9. The zero-order valence-electron chi connectivity index (χ0n) is 19.5. The van der Waals surface area contributed by atoms with Crippen LogP contribution in [-0.4, -0.2) is 62.9 Å². The average Bonchev–Trinajstić information content (AvgIpc) is 2.84. The van der Waals surface area contributed by atoms with Gasteiger partial charge in [0.1, 0.15) is 40.8 Å². The summed E-state index contributed by atoms with van der Waals surface area (Å²) in [5.41, 5.74) is 1.64. The quantitative estimate of drug-likeness (QED) is 0.434. The van der Waals surface area contributed by atoms with Gasteiger partial charge in [-0.15, -0.1) is 0 Å². The fourth-order valence-corrected chi connectivity index (χ4v) is 3.68. The van der Waals surface area contributed by atoms with Crippen molar-refractivity contribution in [3.63, 3.8) is 0 Å². The number of urea groups is 1. The third-order valence-corrected chi connectivity index (χ3v) is 5.20. The van der Waals surface area contributed by atoms with Crippen molar-refractivity contribution in [3.8, 4) is 11.8 Å². The first-order valence-corrected chi connectivity index (χ1v) is 10.6. The van der Waals surface area contributed by atoms with Gasteiger partial charge >= 0.3 is 6.03 Å². The second-order valence-electron chi connectivity index (χ2n) is 7.61. The lowest BCUT2D eigenvalue weighted by Crippen LogP contribution is -2.40. The van der Waals surface area contributed by atoms with E-state index in [0.29, 0.717) is 43.7 Å². The van der Waals surface area contributed by atoms with Gasteiger partial charge in [0.25, 0.3) is 0 Å². The first-order chi connectivity index (χ1) is 16.4. The van der Waals surface area contributed by atoms with Crippen LogP contribution in [-0.2, 0) is 20.6 Å². The SMILES string of the molecule is COCC(C)Oc1cc(NC(=O)N2CCCc3cc(C=O)c(C(OC)OC)nc32)ncc1C#N. The molecule has 2 aromatic rings. The van der Waals surface area contributed by atoms with Gasteiger partial charge in [-0.3, -0.25) is 15.0 Å². The predicted molar refractivity (Wildman–Crippen MR) is 122 cm³/mol. The van der Waals surface area contributed by atoms with Gasteiger partial charge in [0.15, 0.2) is 6.29 Å². The highest BCUT2D eigenvalue weighted by Gasteiger charge is 2.28. The summed E-state index contributed by atoms with van der Waals surface area (Å²) in [5.74, 6) is 0.921. The van der Waals surface area contributed by atoms with Crippen molar-refractivity contribution in [1.82, 2.24) is 9.97 Å². The number of nitriles is 1. The van der Waals surface area contributed by atoms with Crippen molar-refractivity contribution >= 4 is 24.0 Å². The molecule has 1 unspecified atom stereocenters. The van der Waals surface area contributed by atoms with E-state index in [0.717, 1.165) is 5.56 Å². The number of ether oxygens (including phenoxy) is 4. The van der Waals surface area contributed by atoms with E-state index in [-0.39, 0.29) is 28.9 Å². The van der Waals surface area contributed by atoms with Gasteiger partial charge in [-0.2, -0.15) is 5.26 Å². The summed E-state index contributed by atoms with van der Waals surface area (Å²) >= 11 is 0. The van der Waals surface area contributed by atoms with Crippen molar-refractivity contribution in [2.45, 2.75) is 32.2 Å². The van der Waals surface area contributed by atoms with Crippen LogP contribution in [0.25, 0.3) is 0 Å². The fourth-order valence-electron chi connectivity index (χ4n) is 3.68. The lowest BCUT2D eigenvalue weighted by molar-refractivity contribution is -0.108. The Balaban J connectivity index is 1.89. The predicted octanol–water partition coefficient (Wildman–Crippen LogP) is 2.85. The van der Waals surface area contributed by atoms with Crippen LogP contribution in [0.2, 0.25) is 0 Å². The van der Waals surface area contributed by atoms with E-state index >= 15 is 0 Å². The van der Waals surface area contributed by atoms with E-state index in [1.807, 2.05) is 6.07 Å². The van der Waals surface area contributed by atoms with Crippen molar-refractivity contribution in [2.24, 2.45) is 0 Å². The molecule has 1 aliphatic heterocycles. The van der Waals surface area contributed by atoms with Crippen LogP contribution in [0, 0.1) is 11.3 Å². The van der Waals surface area contributed by atoms with E-state index in [9.17, 15) is 14.9 Å². The summed E-state index contributed by atoms with van der Waals surface area (Å²) in [6, 6.07) is 4.76. The molecule has 0 radical (unpaired) electrons. The largest absolute Gasteiger partial charge is 0.487 e. The lowest BCUT2D eigenvalue weighted by atomic mass is 10.0. The van der Waals surface area contributed by atoms with E-state index in [1.54, 1.807) is 20.1 Å². The van der Waals surface area contributed by atoms with Crippen LogP contribution in [0.3, 0.4) is 0 Å². The zero-order valence-corrected chi connectivity index (χ0v) is 19.5. The number of pyridine rings is 2. The smallest absolute Gasteiger partial charge is 0.328 e. The first kappa shape index (κ1) is 25.0. The molecule has 1 N–H and O–H groups in total. The molecule has 0 aromatic carbocycles. The zero-order chi connectivity index (χ0) is 24.7. The third kappa shape index (κ3) is 5.48. The van der Waals surface area contributed by atoms with Crippen LogP contribution >= 0.6 is 0 Å². The number of rotatable bonds is 9. The summed E-state index contributed by atoms with van der Waals surface area (Å²) in [6.07, 6.45) is 2.24. The molecular formula is C23H27N5O6. The Morgan fingerprint density at radius 2 is 2.09 bits per heavy atom. The Morgan fingerprint density at radius 1 is 1.32 bits per heavy atom. The number of fused-ring (bicyclic) bond motifs is 1. The molecule has 1 aliphatic rings. The second kappa shape index (κ2) is 11.5. The van der Waals surface area contributed by atoms with Gasteiger partial charge in [0.2, 0.25) is 6.29 Å². The summed E-state index contributed by atoms with van der Waals surface area (Å²) in [4.78, 5) is 35.0. The number of aldehydes is 1. The maximum absolute atomic E-state index is 13.2. The molecule has 0 saturated heterocycles. The Morgan fingerprint density at radius 3 is 2.74 bits per heavy atom. The van der Waals surface area contributed by atoms with Gasteiger partial charge in [0.05, 0.1) is 12.8 Å². The van der Waals surface area contributed by atoms with Crippen molar-refractivity contribution in [3.05, 3.63) is 40.7 Å². The maximum atomic E-state index is 13.2. The Bertz CT molecular complexity index is 1080. The Hall–Kier alpha value is -3.59. The number of carbonyl (C=O) groups is 2. The third-order valence-electron chi connectivity index (χ3n) is 5.20. The standard InChI is InChI=1S/C23H27N5O6/c1-14(13-31-2)34-18-9-19(25-11-17(18)10-24)26-23(30)28-7-5-6-15-8-16(12-29)20(27-21(15)28)22(32-3)33-4/h8-9,11-12,14,22H,5-7,13H2,1-4H3,(H,25,26,30). The molecule has 2 amide bonds. The molecule has 0 bridgehead atoms. The fraction of sp³-hybridized carbons (Fsp3) is 0.435. The monoisotopic (exact) mass is 469 g/mol. The van der Waals surface area contributed by atoms with Gasteiger partial charge in [-0.05, 0) is 31.4 Å². The highest BCUT2D eigenvalue weighted by Crippen LogP contribution is 2.31. The summed E-state index contributed by atoms with van der Waals surface area (Å²) < 4.78 is 21.4. The summed E-state index contributed by atoms with van der Waals surface area (Å²) in [7, 11) is 4.44. The number of aromatic nitrogens is 2. The molecule has 0 spiro atoms. The number of aryl methyl sites for hydroxylation is 1. The van der Waals surface area contributed by atoms with Crippen LogP contribution in [0.1, 0.15) is 46.8 Å². The van der Waals surface area contributed by atoms with Crippen molar-refractivity contribution < 1.29 is 28.5 Å². The molecule has 180 valence electrons. The van der Waals surface area contributed by atoms with Crippen LogP contribution in [0.5, 0.6) is 5.75 Å². The lowest BCUT2D eigenvalue weighted by Gasteiger charge is -2.30. The topological polar surface area (TPSA) is 136 Å². The van der Waals surface area contributed by atoms with Gasteiger partial charge < -0.3 is 18.9 Å². The molecule has 34 heavy (non-hydrogen) atoms. The summed E-state index contributed by atoms with van der Waals surface area (Å²) in [5, 5.41) is 12.1.